The first-order chi connectivity index (χ1) is 12.3. The molecule has 0 fully saturated rings. The van der Waals surface area contributed by atoms with Crippen molar-refractivity contribution in [3.63, 3.8) is 0 Å². The van der Waals surface area contributed by atoms with Gasteiger partial charge in [0.15, 0.2) is 11.0 Å². The molecule has 8 heteroatoms. The summed E-state index contributed by atoms with van der Waals surface area (Å²) in [6, 6.07) is 9.81. The number of carboxylic acids is 1. The number of hydrogen-bond donors (Lipinski definition) is 2. The van der Waals surface area contributed by atoms with Gasteiger partial charge in [-0.1, -0.05) is 41.9 Å². The number of nitrogens with zero attached hydrogens (tertiary/aromatic N) is 3. The molecule has 2 aromatic rings. The van der Waals surface area contributed by atoms with Crippen LogP contribution in [0.4, 0.5) is 5.82 Å². The topological polar surface area (TPSA) is 87.5 Å². The first-order valence-electron chi connectivity index (χ1n) is 8.22. The Bertz CT molecular complexity index is 821. The third-order valence-electron chi connectivity index (χ3n) is 3.91. The summed E-state index contributed by atoms with van der Waals surface area (Å²) in [5.41, 5.74) is 0.957. The van der Waals surface area contributed by atoms with E-state index in [1.807, 2.05) is 49.3 Å². The number of aromatic nitrogens is 2. The lowest BCUT2D eigenvalue weighted by molar-refractivity contribution is -0.137. The molecule has 0 saturated heterocycles. The van der Waals surface area contributed by atoms with Gasteiger partial charge in [-0.15, -0.1) is 0 Å². The lowest BCUT2D eigenvalue weighted by atomic mass is 10.1. The Morgan fingerprint density at radius 3 is 2.58 bits per heavy atom. The number of halogens is 1. The number of aliphatic carboxylic acids is 1. The van der Waals surface area contributed by atoms with Crippen LogP contribution in [0, 0.1) is 6.92 Å². The van der Waals surface area contributed by atoms with Crippen LogP contribution in [0.5, 0.6) is 0 Å². The van der Waals surface area contributed by atoms with Crippen LogP contribution >= 0.6 is 11.6 Å². The van der Waals surface area contributed by atoms with Crippen molar-refractivity contribution in [2.45, 2.75) is 25.9 Å². The fourth-order valence-electron chi connectivity index (χ4n) is 2.73. The van der Waals surface area contributed by atoms with Crippen molar-refractivity contribution < 1.29 is 9.90 Å². The fraction of sp³-hybridized carbons (Fsp3) is 0.389. The monoisotopic (exact) mass is 378 g/mol. The van der Waals surface area contributed by atoms with Gasteiger partial charge < -0.3 is 15.3 Å². The van der Waals surface area contributed by atoms with E-state index in [2.05, 4.69) is 10.3 Å². The lowest BCUT2D eigenvalue weighted by Gasteiger charge is -2.23. The van der Waals surface area contributed by atoms with Crippen molar-refractivity contribution in [3.05, 3.63) is 57.1 Å². The smallest absolute Gasteiger partial charge is 0.323 e. The molecule has 1 aromatic heterocycles. The molecular formula is C18H23ClN4O3. The molecule has 0 bridgehead atoms. The number of nitrogens with one attached hydrogen (secondary N) is 1. The second kappa shape index (κ2) is 8.82. The van der Waals surface area contributed by atoms with Crippen LogP contribution in [0.15, 0.2) is 35.1 Å². The van der Waals surface area contributed by atoms with E-state index in [-0.39, 0.29) is 17.0 Å². The summed E-state index contributed by atoms with van der Waals surface area (Å²) < 4.78 is 1.12. The molecule has 1 atom stereocenters. The number of rotatable bonds is 8. The Morgan fingerprint density at radius 2 is 2.00 bits per heavy atom. The van der Waals surface area contributed by atoms with Gasteiger partial charge in [0.2, 0.25) is 0 Å². The third kappa shape index (κ3) is 5.31. The maximum atomic E-state index is 12.7. The molecule has 1 aromatic carbocycles. The van der Waals surface area contributed by atoms with E-state index < -0.39 is 18.1 Å². The maximum absolute atomic E-state index is 12.7. The van der Waals surface area contributed by atoms with Gasteiger partial charge in [0.25, 0.3) is 5.56 Å². The van der Waals surface area contributed by atoms with Gasteiger partial charge in [-0.3, -0.25) is 14.2 Å². The van der Waals surface area contributed by atoms with Crippen molar-refractivity contribution in [1.29, 1.82) is 0 Å². The van der Waals surface area contributed by atoms with Gasteiger partial charge in [0.1, 0.15) is 6.54 Å². The van der Waals surface area contributed by atoms with Crippen LogP contribution in [0.2, 0.25) is 5.15 Å². The molecule has 1 heterocycles. The van der Waals surface area contributed by atoms with Crippen LogP contribution in [0.1, 0.15) is 11.3 Å². The maximum Gasteiger partial charge on any atom is 0.323 e. The summed E-state index contributed by atoms with van der Waals surface area (Å²) in [6.45, 7) is 1.78. The van der Waals surface area contributed by atoms with Crippen molar-refractivity contribution in [2.24, 2.45) is 0 Å². The second-order valence-corrected chi connectivity index (χ2v) is 6.77. The van der Waals surface area contributed by atoms with Gasteiger partial charge in [0, 0.05) is 12.6 Å². The zero-order chi connectivity index (χ0) is 19.3. The quantitative estimate of drug-likeness (QED) is 0.729. The number of carboxylic acid groups (broad SMARTS) is 1. The van der Waals surface area contributed by atoms with E-state index in [4.69, 9.17) is 16.7 Å². The Morgan fingerprint density at radius 1 is 1.35 bits per heavy atom. The van der Waals surface area contributed by atoms with E-state index in [0.29, 0.717) is 18.7 Å². The summed E-state index contributed by atoms with van der Waals surface area (Å²) >= 11 is 6.11. The van der Waals surface area contributed by atoms with Gasteiger partial charge in [-0.2, -0.15) is 0 Å². The van der Waals surface area contributed by atoms with E-state index in [1.54, 1.807) is 6.92 Å². The molecule has 7 nitrogen and oxygen atoms in total. The molecule has 0 spiro atoms. The number of anilines is 1. The van der Waals surface area contributed by atoms with Gasteiger partial charge in [0.05, 0.1) is 5.69 Å². The van der Waals surface area contributed by atoms with E-state index >= 15 is 0 Å². The van der Waals surface area contributed by atoms with Crippen LogP contribution in [0.25, 0.3) is 0 Å². The minimum Gasteiger partial charge on any atom is -0.480 e. The van der Waals surface area contributed by atoms with Crippen molar-refractivity contribution in [1.82, 2.24) is 14.5 Å². The number of hydrogen-bond acceptors (Lipinski definition) is 5. The SMILES string of the molecule is Cc1c(Cl)nc(N[C@@H](Cc2ccccc2)CN(C)C)c(=O)n1CC(=O)O. The Kier molecular flexibility index (Phi) is 6.76. The predicted molar refractivity (Wildman–Crippen MR) is 102 cm³/mol. The molecule has 2 rings (SSSR count). The van der Waals surface area contributed by atoms with E-state index in [1.165, 1.54) is 0 Å². The zero-order valence-corrected chi connectivity index (χ0v) is 15.8. The first kappa shape index (κ1) is 19.9. The average Bonchev–Trinajstić information content (AvgIpc) is 2.56. The van der Waals surface area contributed by atoms with Gasteiger partial charge >= 0.3 is 5.97 Å². The van der Waals surface area contributed by atoms with Crippen molar-refractivity contribution in [2.75, 3.05) is 26.0 Å². The van der Waals surface area contributed by atoms with Crippen LogP contribution in [-0.2, 0) is 17.8 Å². The highest BCUT2D eigenvalue weighted by Gasteiger charge is 2.18. The third-order valence-corrected chi connectivity index (χ3v) is 4.26. The summed E-state index contributed by atoms with van der Waals surface area (Å²) in [5.74, 6) is -1.05. The second-order valence-electron chi connectivity index (χ2n) is 6.41. The number of benzene rings is 1. The molecule has 0 unspecified atom stereocenters. The Labute approximate surface area is 157 Å². The summed E-state index contributed by atoms with van der Waals surface area (Å²) in [4.78, 5) is 29.9. The largest absolute Gasteiger partial charge is 0.480 e. The Hall–Kier alpha value is -2.38. The molecule has 140 valence electrons. The molecule has 0 aliphatic heterocycles. The minimum atomic E-state index is -1.11. The molecule has 26 heavy (non-hydrogen) atoms. The first-order valence-corrected chi connectivity index (χ1v) is 8.59. The lowest BCUT2D eigenvalue weighted by Crippen LogP contribution is -2.38. The van der Waals surface area contributed by atoms with E-state index in [9.17, 15) is 9.59 Å². The molecule has 0 amide bonds. The highest BCUT2D eigenvalue weighted by Crippen LogP contribution is 2.14. The van der Waals surface area contributed by atoms with Crippen LogP contribution in [0.3, 0.4) is 0 Å². The number of likely N-dealkylation sites (N-methyl/N-ethyl adjacent to an activating group) is 1. The normalized spacial score (nSPS) is 12.2. The predicted octanol–water partition coefficient (Wildman–Crippen LogP) is 1.87. The summed E-state index contributed by atoms with van der Waals surface area (Å²) in [6.07, 6.45) is 0.685. The highest BCUT2D eigenvalue weighted by atomic mass is 35.5. The molecule has 0 aliphatic carbocycles. The Balaban J connectivity index is 2.33. The van der Waals surface area contributed by atoms with Crippen molar-refractivity contribution in [3.8, 4) is 0 Å². The fourth-order valence-corrected chi connectivity index (χ4v) is 2.92. The standard InChI is InChI=1S/C18H23ClN4O3/c1-12-16(19)21-17(18(26)23(12)11-15(24)25)20-14(10-22(2)3)9-13-7-5-4-6-8-13/h4-8,14H,9-11H2,1-3H3,(H,20,21)(H,24,25)/t14-/m0/s1. The van der Waals surface area contributed by atoms with Gasteiger partial charge in [-0.25, -0.2) is 4.98 Å². The minimum absolute atomic E-state index is 0.0598. The van der Waals surface area contributed by atoms with Gasteiger partial charge in [-0.05, 0) is 33.0 Å². The molecule has 0 aliphatic rings. The molecular weight excluding hydrogens is 356 g/mol. The van der Waals surface area contributed by atoms with Crippen molar-refractivity contribution >= 4 is 23.4 Å². The van der Waals surface area contributed by atoms with E-state index in [0.717, 1.165) is 10.1 Å². The molecule has 0 radical (unpaired) electrons. The van der Waals surface area contributed by atoms with Crippen LogP contribution < -0.4 is 10.9 Å². The number of carbonyl (C=O) groups is 1. The average molecular weight is 379 g/mol. The summed E-state index contributed by atoms with van der Waals surface area (Å²) in [7, 11) is 3.88. The summed E-state index contributed by atoms with van der Waals surface area (Å²) in [5, 5.41) is 12.3. The zero-order valence-electron chi connectivity index (χ0n) is 15.1. The molecule has 0 saturated carbocycles. The highest BCUT2D eigenvalue weighted by molar-refractivity contribution is 6.30. The van der Waals surface area contributed by atoms with Crippen LogP contribution in [-0.4, -0.2) is 52.2 Å². The molecule has 2 N–H and O–H groups in total.